The van der Waals surface area contributed by atoms with Gasteiger partial charge < -0.3 is 9.84 Å². The molecule has 1 N–H and O–H groups in total. The molecule has 0 spiro atoms. The molecular formula is C25H21FN2O5S. The standard InChI is InChI=1S/C25H21FN2O5S/c1-4-33-24(32)22-14(3)27-25(34-22)28-19(15-9-11-17(26)12-10-15)18(21(30)23(28)31)20(29)16-7-5-13(2)6-8-16/h5-12,19,29H,4H2,1-3H3/t19-/m1/s1. The number of benzene rings is 2. The van der Waals surface area contributed by atoms with Gasteiger partial charge in [0.15, 0.2) is 5.13 Å². The van der Waals surface area contributed by atoms with Crippen LogP contribution in [0.5, 0.6) is 0 Å². The Morgan fingerprint density at radius 2 is 1.76 bits per heavy atom. The Balaban J connectivity index is 1.90. The molecule has 0 unspecified atom stereocenters. The number of hydrogen-bond acceptors (Lipinski definition) is 7. The SMILES string of the molecule is CCOC(=O)c1sc(N2C(=O)C(=O)C(=C(O)c3ccc(C)cc3)[C@H]2c2ccc(F)cc2)nc1C. The number of aromatic nitrogens is 1. The first-order chi connectivity index (χ1) is 16.2. The predicted molar refractivity (Wildman–Crippen MR) is 125 cm³/mol. The molecule has 1 atom stereocenters. The highest BCUT2D eigenvalue weighted by atomic mass is 32.1. The fourth-order valence-corrected chi connectivity index (χ4v) is 4.72. The Morgan fingerprint density at radius 1 is 1.12 bits per heavy atom. The van der Waals surface area contributed by atoms with Crippen LogP contribution in [0.2, 0.25) is 0 Å². The van der Waals surface area contributed by atoms with Gasteiger partial charge >= 0.3 is 11.9 Å². The van der Waals surface area contributed by atoms with E-state index in [1.807, 2.05) is 6.92 Å². The zero-order valence-corrected chi connectivity index (χ0v) is 19.5. The maximum Gasteiger partial charge on any atom is 0.350 e. The molecule has 0 radical (unpaired) electrons. The molecule has 0 bridgehead atoms. The van der Waals surface area contributed by atoms with E-state index in [0.717, 1.165) is 21.8 Å². The number of rotatable bonds is 5. The fourth-order valence-electron chi connectivity index (χ4n) is 3.73. The van der Waals surface area contributed by atoms with Crippen molar-refractivity contribution in [3.05, 3.63) is 87.2 Å². The van der Waals surface area contributed by atoms with Crippen molar-refractivity contribution in [3.8, 4) is 0 Å². The van der Waals surface area contributed by atoms with Crippen LogP contribution in [0.4, 0.5) is 9.52 Å². The topological polar surface area (TPSA) is 96.8 Å². The van der Waals surface area contributed by atoms with Crippen LogP contribution >= 0.6 is 11.3 Å². The van der Waals surface area contributed by atoms with Crippen molar-refractivity contribution < 1.29 is 28.6 Å². The van der Waals surface area contributed by atoms with Crippen LogP contribution in [-0.4, -0.2) is 34.4 Å². The molecule has 7 nitrogen and oxygen atoms in total. The van der Waals surface area contributed by atoms with Gasteiger partial charge in [-0.3, -0.25) is 14.5 Å². The summed E-state index contributed by atoms with van der Waals surface area (Å²) in [5, 5.41) is 11.2. The van der Waals surface area contributed by atoms with Crippen molar-refractivity contribution in [2.45, 2.75) is 26.8 Å². The molecule has 0 aliphatic carbocycles. The second-order valence-corrected chi connectivity index (χ2v) is 8.70. The molecule has 1 saturated heterocycles. The van der Waals surface area contributed by atoms with Gasteiger partial charge in [-0.1, -0.05) is 53.3 Å². The van der Waals surface area contributed by atoms with E-state index in [9.17, 15) is 23.9 Å². The highest BCUT2D eigenvalue weighted by molar-refractivity contribution is 7.17. The number of aliphatic hydroxyl groups excluding tert-OH is 1. The lowest BCUT2D eigenvalue weighted by molar-refractivity contribution is -0.132. The lowest BCUT2D eigenvalue weighted by atomic mass is 9.95. The molecule has 3 aromatic rings. The number of aryl methyl sites for hydroxylation is 2. The van der Waals surface area contributed by atoms with E-state index in [-0.39, 0.29) is 27.9 Å². The molecule has 9 heteroatoms. The maximum atomic E-state index is 13.7. The van der Waals surface area contributed by atoms with Crippen molar-refractivity contribution in [2.75, 3.05) is 11.5 Å². The second kappa shape index (κ2) is 9.18. The van der Waals surface area contributed by atoms with E-state index in [1.54, 1.807) is 38.1 Å². The largest absolute Gasteiger partial charge is 0.507 e. The molecular weight excluding hydrogens is 459 g/mol. The summed E-state index contributed by atoms with van der Waals surface area (Å²) < 4.78 is 18.7. The van der Waals surface area contributed by atoms with Gasteiger partial charge in [-0.2, -0.15) is 0 Å². The summed E-state index contributed by atoms with van der Waals surface area (Å²) in [6.07, 6.45) is 0. The van der Waals surface area contributed by atoms with Crippen LogP contribution in [-0.2, 0) is 14.3 Å². The highest BCUT2D eigenvalue weighted by Crippen LogP contribution is 2.44. The number of carbonyl (C=O) groups excluding carboxylic acids is 3. The van der Waals surface area contributed by atoms with Crippen LogP contribution in [0.15, 0.2) is 54.1 Å². The molecule has 2 heterocycles. The summed E-state index contributed by atoms with van der Waals surface area (Å²) in [6, 6.07) is 11.1. The van der Waals surface area contributed by atoms with Gasteiger partial charge in [0.25, 0.3) is 5.78 Å². The maximum absolute atomic E-state index is 13.7. The number of aliphatic hydroxyl groups is 1. The smallest absolute Gasteiger partial charge is 0.350 e. The zero-order valence-electron chi connectivity index (χ0n) is 18.7. The average Bonchev–Trinajstić information content (AvgIpc) is 3.31. The van der Waals surface area contributed by atoms with Gasteiger partial charge in [0.05, 0.1) is 23.9 Å². The lowest BCUT2D eigenvalue weighted by Crippen LogP contribution is -2.29. The van der Waals surface area contributed by atoms with E-state index in [0.29, 0.717) is 16.8 Å². The van der Waals surface area contributed by atoms with Crippen LogP contribution in [0, 0.1) is 19.7 Å². The third-order valence-electron chi connectivity index (χ3n) is 5.41. The molecule has 1 aromatic heterocycles. The Labute approximate surface area is 199 Å². The Kier molecular flexibility index (Phi) is 6.30. The summed E-state index contributed by atoms with van der Waals surface area (Å²) in [7, 11) is 0. The van der Waals surface area contributed by atoms with E-state index in [1.165, 1.54) is 24.3 Å². The summed E-state index contributed by atoms with van der Waals surface area (Å²) in [5.74, 6) is -3.24. The third kappa shape index (κ3) is 4.10. The van der Waals surface area contributed by atoms with Gasteiger partial charge in [-0.05, 0) is 38.5 Å². The molecule has 1 aliphatic rings. The zero-order chi connectivity index (χ0) is 24.6. The Hall–Kier alpha value is -3.85. The third-order valence-corrected chi connectivity index (χ3v) is 6.54. The first kappa shape index (κ1) is 23.3. The highest BCUT2D eigenvalue weighted by Gasteiger charge is 2.48. The van der Waals surface area contributed by atoms with Crippen molar-refractivity contribution in [1.29, 1.82) is 0 Å². The van der Waals surface area contributed by atoms with Gasteiger partial charge in [0.1, 0.15) is 16.5 Å². The minimum absolute atomic E-state index is 0.0972. The van der Waals surface area contributed by atoms with Gasteiger partial charge in [0, 0.05) is 5.56 Å². The summed E-state index contributed by atoms with van der Waals surface area (Å²) >= 11 is 0.913. The molecule has 174 valence electrons. The predicted octanol–water partition coefficient (Wildman–Crippen LogP) is 4.70. The quantitative estimate of drug-likeness (QED) is 0.246. The average molecular weight is 481 g/mol. The van der Waals surface area contributed by atoms with Gasteiger partial charge in [-0.15, -0.1) is 0 Å². The molecule has 0 saturated carbocycles. The molecule has 34 heavy (non-hydrogen) atoms. The first-order valence-electron chi connectivity index (χ1n) is 10.5. The molecule has 1 aliphatic heterocycles. The fraction of sp³-hybridized carbons (Fsp3) is 0.200. The van der Waals surface area contributed by atoms with Crippen molar-refractivity contribution >= 4 is 39.9 Å². The number of thiazole rings is 1. The number of anilines is 1. The van der Waals surface area contributed by atoms with Crippen LogP contribution in [0.25, 0.3) is 5.76 Å². The number of carbonyl (C=O) groups is 3. The van der Waals surface area contributed by atoms with Crippen LogP contribution in [0.3, 0.4) is 0 Å². The number of amides is 1. The van der Waals surface area contributed by atoms with Gasteiger partial charge in [-0.25, -0.2) is 14.2 Å². The number of esters is 1. The number of nitrogens with zero attached hydrogens (tertiary/aromatic N) is 2. The van der Waals surface area contributed by atoms with E-state index < -0.39 is 29.5 Å². The summed E-state index contributed by atoms with van der Waals surface area (Å²) in [6.45, 7) is 5.32. The van der Waals surface area contributed by atoms with Crippen molar-refractivity contribution in [2.24, 2.45) is 0 Å². The van der Waals surface area contributed by atoms with E-state index in [2.05, 4.69) is 4.98 Å². The lowest BCUT2D eigenvalue weighted by Gasteiger charge is -2.23. The monoisotopic (exact) mass is 480 g/mol. The number of ether oxygens (including phenoxy) is 1. The van der Waals surface area contributed by atoms with E-state index >= 15 is 0 Å². The van der Waals surface area contributed by atoms with Crippen molar-refractivity contribution in [3.63, 3.8) is 0 Å². The summed E-state index contributed by atoms with van der Waals surface area (Å²) in [5.41, 5.74) is 1.91. The van der Waals surface area contributed by atoms with Crippen LogP contribution in [0.1, 0.15) is 45.0 Å². The number of hydrogen-bond donors (Lipinski definition) is 1. The molecule has 2 aromatic carbocycles. The number of halogens is 1. The van der Waals surface area contributed by atoms with Crippen molar-refractivity contribution in [1.82, 2.24) is 4.98 Å². The number of Topliss-reactive ketones (excluding diaryl/α,β-unsaturated/α-hetero) is 1. The Morgan fingerprint density at radius 3 is 2.38 bits per heavy atom. The molecule has 1 amide bonds. The first-order valence-corrected chi connectivity index (χ1v) is 11.3. The minimum atomic E-state index is -1.07. The molecule has 1 fully saturated rings. The normalized spacial score (nSPS) is 17.3. The summed E-state index contributed by atoms with van der Waals surface area (Å²) in [4.78, 5) is 44.3. The molecule has 4 rings (SSSR count). The van der Waals surface area contributed by atoms with E-state index in [4.69, 9.17) is 4.74 Å². The van der Waals surface area contributed by atoms with Gasteiger partial charge in [0.2, 0.25) is 0 Å². The minimum Gasteiger partial charge on any atom is -0.507 e. The van der Waals surface area contributed by atoms with Crippen LogP contribution < -0.4 is 4.90 Å². The Bertz CT molecular complexity index is 1310. The number of ketones is 1. The second-order valence-electron chi connectivity index (χ2n) is 7.72.